The van der Waals surface area contributed by atoms with Crippen molar-refractivity contribution in [1.29, 1.82) is 0 Å². The molecule has 0 amide bonds. The Hall–Kier alpha value is -1.53. The molecule has 5 nitrogen and oxygen atoms in total. The molecular formula is C12H14ClN3O2S. The average Bonchev–Trinajstić information content (AvgIpc) is 2.76. The van der Waals surface area contributed by atoms with Gasteiger partial charge in [-0.3, -0.25) is 9.40 Å². The number of benzene rings is 1. The van der Waals surface area contributed by atoms with E-state index in [0.29, 0.717) is 5.69 Å². The number of hydrogen-bond donors (Lipinski definition) is 1. The predicted molar refractivity (Wildman–Crippen MR) is 74.7 cm³/mol. The van der Waals surface area contributed by atoms with Crippen molar-refractivity contribution in [3.05, 3.63) is 42.2 Å². The van der Waals surface area contributed by atoms with Crippen LogP contribution < -0.4 is 4.72 Å². The molecule has 2 aromatic rings. The maximum atomic E-state index is 12.2. The summed E-state index contributed by atoms with van der Waals surface area (Å²) in [4.78, 5) is 0.118. The Labute approximate surface area is 117 Å². The van der Waals surface area contributed by atoms with Gasteiger partial charge in [0.25, 0.3) is 10.0 Å². The summed E-state index contributed by atoms with van der Waals surface area (Å²) in [6.45, 7) is 1.79. The minimum atomic E-state index is -3.64. The van der Waals surface area contributed by atoms with E-state index in [-0.39, 0.29) is 10.3 Å². The summed E-state index contributed by atoms with van der Waals surface area (Å²) < 4.78 is 28.3. The third kappa shape index (κ3) is 3.08. The van der Waals surface area contributed by atoms with E-state index >= 15 is 0 Å². The second-order valence-electron chi connectivity index (χ2n) is 4.16. The summed E-state index contributed by atoms with van der Waals surface area (Å²) in [5, 5.41) is 3.57. The van der Waals surface area contributed by atoms with Crippen LogP contribution in [0.4, 0.5) is 5.69 Å². The maximum Gasteiger partial charge on any atom is 0.265 e. The molecule has 0 saturated carbocycles. The monoisotopic (exact) mass is 299 g/mol. The molecule has 1 aromatic carbocycles. The van der Waals surface area contributed by atoms with Gasteiger partial charge in [-0.25, -0.2) is 8.42 Å². The van der Waals surface area contributed by atoms with Crippen molar-refractivity contribution < 1.29 is 8.42 Å². The van der Waals surface area contributed by atoms with Crippen molar-refractivity contribution in [3.8, 4) is 0 Å². The van der Waals surface area contributed by atoms with E-state index in [0.717, 1.165) is 5.56 Å². The lowest BCUT2D eigenvalue weighted by atomic mass is 10.1. The van der Waals surface area contributed by atoms with Crippen molar-refractivity contribution >= 4 is 27.3 Å². The van der Waals surface area contributed by atoms with Gasteiger partial charge in [0.15, 0.2) is 0 Å². The molecular weight excluding hydrogens is 286 g/mol. The van der Waals surface area contributed by atoms with Crippen LogP contribution in [-0.2, 0) is 17.1 Å². The minimum Gasteiger partial charge on any atom is -0.279 e. The summed E-state index contributed by atoms with van der Waals surface area (Å²) in [7, 11) is -1.98. The van der Waals surface area contributed by atoms with Crippen LogP contribution in [0.2, 0.25) is 0 Å². The Morgan fingerprint density at radius 2 is 2.05 bits per heavy atom. The van der Waals surface area contributed by atoms with Gasteiger partial charge in [0.05, 0.1) is 17.3 Å². The van der Waals surface area contributed by atoms with Crippen LogP contribution in [0.3, 0.4) is 0 Å². The van der Waals surface area contributed by atoms with E-state index in [1.54, 1.807) is 32.2 Å². The Morgan fingerprint density at radius 1 is 1.37 bits per heavy atom. The number of anilines is 1. The van der Waals surface area contributed by atoms with Gasteiger partial charge in [0, 0.05) is 13.2 Å². The zero-order valence-electron chi connectivity index (χ0n) is 10.5. The van der Waals surface area contributed by atoms with Gasteiger partial charge in [0.2, 0.25) is 0 Å². The molecule has 0 radical (unpaired) electrons. The van der Waals surface area contributed by atoms with Crippen molar-refractivity contribution in [2.24, 2.45) is 7.05 Å². The first-order valence-corrected chi connectivity index (χ1v) is 7.56. The summed E-state index contributed by atoms with van der Waals surface area (Å²) in [6, 6.07) is 7.04. The van der Waals surface area contributed by atoms with Gasteiger partial charge in [0.1, 0.15) is 4.90 Å². The zero-order valence-corrected chi connectivity index (χ0v) is 12.1. The number of nitrogens with one attached hydrogen (secondary N) is 1. The fourth-order valence-electron chi connectivity index (χ4n) is 1.68. The van der Waals surface area contributed by atoms with Gasteiger partial charge in [-0.05, 0) is 18.6 Å². The molecule has 0 fully saturated rings. The quantitative estimate of drug-likeness (QED) is 0.882. The molecule has 1 unspecified atom stereocenters. The molecule has 7 heteroatoms. The van der Waals surface area contributed by atoms with Crippen LogP contribution in [0.5, 0.6) is 0 Å². The summed E-state index contributed by atoms with van der Waals surface area (Å²) in [5.41, 5.74) is 1.21. The largest absolute Gasteiger partial charge is 0.279 e. The van der Waals surface area contributed by atoms with Crippen LogP contribution in [0.25, 0.3) is 0 Å². The number of sulfonamides is 1. The molecule has 1 atom stereocenters. The average molecular weight is 300 g/mol. The molecule has 0 spiro atoms. The fourth-order valence-corrected chi connectivity index (χ4v) is 2.94. The van der Waals surface area contributed by atoms with Gasteiger partial charge < -0.3 is 0 Å². The highest BCUT2D eigenvalue weighted by Gasteiger charge is 2.18. The molecule has 1 heterocycles. The highest BCUT2D eigenvalue weighted by Crippen LogP contribution is 2.28. The fraction of sp³-hybridized carbons (Fsp3) is 0.250. The third-order valence-electron chi connectivity index (χ3n) is 2.63. The standard InChI is InChI=1S/C12H14ClN3O2S/c1-9(13)11-5-3-4-6-12(11)15-19(17,18)10-7-14-16(2)8-10/h3-9,15H,1-2H3. The molecule has 0 aliphatic heterocycles. The van der Waals surface area contributed by atoms with Crippen LogP contribution in [-0.4, -0.2) is 18.2 Å². The molecule has 1 aromatic heterocycles. The molecule has 0 aliphatic carbocycles. The Bertz CT molecular complexity index is 680. The van der Waals surface area contributed by atoms with Crippen LogP contribution in [0, 0.1) is 0 Å². The summed E-state index contributed by atoms with van der Waals surface area (Å²) in [5.74, 6) is 0. The Kier molecular flexibility index (Phi) is 3.82. The summed E-state index contributed by atoms with van der Waals surface area (Å²) >= 11 is 6.04. The van der Waals surface area contributed by atoms with E-state index in [1.165, 1.54) is 17.1 Å². The van der Waals surface area contributed by atoms with E-state index in [2.05, 4.69) is 9.82 Å². The number of rotatable bonds is 4. The normalized spacial score (nSPS) is 13.2. The lowest BCUT2D eigenvalue weighted by Gasteiger charge is -2.12. The second-order valence-corrected chi connectivity index (χ2v) is 6.50. The van der Waals surface area contributed by atoms with E-state index in [9.17, 15) is 8.42 Å². The summed E-state index contributed by atoms with van der Waals surface area (Å²) in [6.07, 6.45) is 2.74. The van der Waals surface area contributed by atoms with E-state index in [1.807, 2.05) is 6.07 Å². The second kappa shape index (κ2) is 5.22. The van der Waals surface area contributed by atoms with Crippen LogP contribution in [0.1, 0.15) is 17.9 Å². The topological polar surface area (TPSA) is 64.0 Å². The SMILES string of the molecule is CC(Cl)c1ccccc1NS(=O)(=O)c1cnn(C)c1. The van der Waals surface area contributed by atoms with Crippen LogP contribution >= 0.6 is 11.6 Å². The lowest BCUT2D eigenvalue weighted by Crippen LogP contribution is -2.13. The first-order chi connectivity index (χ1) is 8.90. The highest BCUT2D eigenvalue weighted by atomic mass is 35.5. The highest BCUT2D eigenvalue weighted by molar-refractivity contribution is 7.92. The maximum absolute atomic E-state index is 12.2. The minimum absolute atomic E-state index is 0.118. The molecule has 0 saturated heterocycles. The first-order valence-electron chi connectivity index (χ1n) is 5.64. The van der Waals surface area contributed by atoms with Gasteiger partial charge >= 0.3 is 0 Å². The zero-order chi connectivity index (χ0) is 14.0. The first kappa shape index (κ1) is 13.9. The van der Waals surface area contributed by atoms with Crippen LogP contribution in [0.15, 0.2) is 41.6 Å². The van der Waals surface area contributed by atoms with Crippen molar-refractivity contribution in [2.75, 3.05) is 4.72 Å². The predicted octanol–water partition coefficient (Wildman–Crippen LogP) is 2.52. The molecule has 2 rings (SSSR count). The van der Waals surface area contributed by atoms with Gasteiger partial charge in [-0.1, -0.05) is 18.2 Å². The molecule has 1 N–H and O–H groups in total. The molecule has 0 bridgehead atoms. The van der Waals surface area contributed by atoms with Gasteiger partial charge in [-0.2, -0.15) is 5.10 Å². The van der Waals surface area contributed by atoms with Crippen molar-refractivity contribution in [1.82, 2.24) is 9.78 Å². The van der Waals surface area contributed by atoms with E-state index < -0.39 is 10.0 Å². The number of nitrogens with zero attached hydrogens (tertiary/aromatic N) is 2. The number of hydrogen-bond acceptors (Lipinski definition) is 3. The Balaban J connectivity index is 2.36. The van der Waals surface area contributed by atoms with Crippen molar-refractivity contribution in [2.45, 2.75) is 17.2 Å². The number of aromatic nitrogens is 2. The van der Waals surface area contributed by atoms with Crippen molar-refractivity contribution in [3.63, 3.8) is 0 Å². The number of halogens is 1. The lowest BCUT2D eigenvalue weighted by molar-refractivity contribution is 0.601. The Morgan fingerprint density at radius 3 is 2.63 bits per heavy atom. The molecule has 0 aliphatic rings. The number of alkyl halides is 1. The smallest absolute Gasteiger partial charge is 0.265 e. The third-order valence-corrected chi connectivity index (χ3v) is 4.18. The molecule has 19 heavy (non-hydrogen) atoms. The number of para-hydroxylation sites is 1. The number of aryl methyl sites for hydroxylation is 1. The van der Waals surface area contributed by atoms with E-state index in [4.69, 9.17) is 11.6 Å². The molecule has 102 valence electrons. The van der Waals surface area contributed by atoms with Gasteiger partial charge in [-0.15, -0.1) is 11.6 Å².